The summed E-state index contributed by atoms with van der Waals surface area (Å²) in [5.74, 6) is 0.298. The number of nitrogens with one attached hydrogen (secondary N) is 1. The molecule has 4 N–H and O–H groups in total. The van der Waals surface area contributed by atoms with Crippen molar-refractivity contribution < 1.29 is 36.9 Å². The Hall–Kier alpha value is -4.50. The van der Waals surface area contributed by atoms with Crippen LogP contribution >= 0.6 is 0 Å². The summed E-state index contributed by atoms with van der Waals surface area (Å²) in [6.07, 6.45) is -3.61. The van der Waals surface area contributed by atoms with Gasteiger partial charge in [0.05, 0.1) is 44.4 Å². The fourth-order valence-electron chi connectivity index (χ4n) is 4.45. The zero-order valence-electron chi connectivity index (χ0n) is 23.3. The van der Waals surface area contributed by atoms with E-state index in [1.165, 1.54) is 36.5 Å². The molecule has 0 aliphatic carbocycles. The topological polar surface area (TPSA) is 143 Å². The van der Waals surface area contributed by atoms with Crippen molar-refractivity contribution in [2.75, 3.05) is 44.9 Å². The number of rotatable bonds is 15. The maximum absolute atomic E-state index is 14.3. The standard InChI is InChI=1S/C28H31F4N7O4/c1-42-23-15-21-22(16-24(23)43-11-3-7-38(9-10-40)8-6-28(30,31)32)34-17-35-27(21)39(20-5-2-4-18(29)12-20)26-14-19(36-37-26)13-25(33)41/h2,4-5,12,14-17,40H,3,6-11,13H2,1H3,(H2,33,41)(H,36,37). The summed E-state index contributed by atoms with van der Waals surface area (Å²) in [5, 5.41) is 16.8. The molecule has 43 heavy (non-hydrogen) atoms. The van der Waals surface area contributed by atoms with Crippen molar-refractivity contribution in [3.8, 4) is 11.5 Å². The maximum atomic E-state index is 14.3. The quantitative estimate of drug-likeness (QED) is 0.135. The van der Waals surface area contributed by atoms with Crippen molar-refractivity contribution in [2.45, 2.75) is 25.4 Å². The largest absolute Gasteiger partial charge is 0.493 e. The number of anilines is 3. The molecule has 1 amide bonds. The number of hydrogen-bond donors (Lipinski definition) is 3. The van der Waals surface area contributed by atoms with Gasteiger partial charge in [0.15, 0.2) is 17.3 Å². The number of benzene rings is 2. The predicted molar refractivity (Wildman–Crippen MR) is 150 cm³/mol. The Morgan fingerprint density at radius 1 is 1.09 bits per heavy atom. The highest BCUT2D eigenvalue weighted by molar-refractivity contribution is 5.96. The van der Waals surface area contributed by atoms with Crippen molar-refractivity contribution in [1.82, 2.24) is 25.1 Å². The number of primary amides is 1. The van der Waals surface area contributed by atoms with Gasteiger partial charge in [-0.3, -0.25) is 14.8 Å². The Labute approximate surface area is 244 Å². The SMILES string of the molecule is COc1cc2c(N(c3cccc(F)c3)c3cc(CC(N)=O)[nH]n3)ncnc2cc1OCCCN(CCO)CCC(F)(F)F. The Kier molecular flexibility index (Phi) is 10.3. The van der Waals surface area contributed by atoms with Crippen molar-refractivity contribution in [2.24, 2.45) is 5.73 Å². The molecule has 2 heterocycles. The number of carbonyl (C=O) groups excluding carboxylic acids is 1. The summed E-state index contributed by atoms with van der Waals surface area (Å²) in [5.41, 5.74) is 6.63. The number of carbonyl (C=O) groups is 1. The first-order valence-corrected chi connectivity index (χ1v) is 13.3. The third-order valence-electron chi connectivity index (χ3n) is 6.39. The number of nitrogens with zero attached hydrogens (tertiary/aromatic N) is 5. The first-order chi connectivity index (χ1) is 20.6. The molecule has 0 aliphatic rings. The molecule has 2 aromatic heterocycles. The molecule has 0 saturated heterocycles. The normalized spacial score (nSPS) is 11.7. The predicted octanol–water partition coefficient (Wildman–Crippen LogP) is 4.01. The highest BCUT2D eigenvalue weighted by Crippen LogP contribution is 2.40. The van der Waals surface area contributed by atoms with Gasteiger partial charge in [0, 0.05) is 42.8 Å². The van der Waals surface area contributed by atoms with E-state index < -0.39 is 24.3 Å². The summed E-state index contributed by atoms with van der Waals surface area (Å²) >= 11 is 0. The molecule has 4 aromatic rings. The van der Waals surface area contributed by atoms with Crippen molar-refractivity contribution in [1.29, 1.82) is 0 Å². The molecule has 15 heteroatoms. The van der Waals surface area contributed by atoms with E-state index in [1.54, 1.807) is 29.2 Å². The summed E-state index contributed by atoms with van der Waals surface area (Å²) in [6.45, 7) is 0.111. The molecule has 230 valence electrons. The van der Waals surface area contributed by atoms with Crippen molar-refractivity contribution >= 4 is 34.1 Å². The number of alkyl halides is 3. The van der Waals surface area contributed by atoms with E-state index in [0.717, 1.165) is 0 Å². The number of H-pyrrole nitrogens is 1. The Balaban J connectivity index is 1.61. The summed E-state index contributed by atoms with van der Waals surface area (Å²) in [6, 6.07) is 10.7. The second-order valence-corrected chi connectivity index (χ2v) is 9.56. The maximum Gasteiger partial charge on any atom is 0.390 e. The fourth-order valence-corrected chi connectivity index (χ4v) is 4.45. The minimum absolute atomic E-state index is 0.0802. The van der Waals surface area contributed by atoms with Gasteiger partial charge in [-0.25, -0.2) is 14.4 Å². The summed E-state index contributed by atoms with van der Waals surface area (Å²) in [7, 11) is 1.45. The number of aromatic amines is 1. The van der Waals surface area contributed by atoms with Crippen LogP contribution in [0.3, 0.4) is 0 Å². The van der Waals surface area contributed by atoms with Crippen LogP contribution in [0.2, 0.25) is 0 Å². The van der Waals surface area contributed by atoms with E-state index in [9.17, 15) is 27.5 Å². The third-order valence-corrected chi connectivity index (χ3v) is 6.39. The van der Waals surface area contributed by atoms with Crippen LogP contribution < -0.4 is 20.1 Å². The number of fused-ring (bicyclic) bond motifs is 1. The average molecular weight is 606 g/mol. The smallest absolute Gasteiger partial charge is 0.390 e. The molecule has 0 radical (unpaired) electrons. The number of aromatic nitrogens is 4. The minimum Gasteiger partial charge on any atom is -0.493 e. The van der Waals surface area contributed by atoms with Crippen LogP contribution in [0.1, 0.15) is 18.5 Å². The van der Waals surface area contributed by atoms with Gasteiger partial charge >= 0.3 is 6.18 Å². The molecule has 4 rings (SSSR count). The van der Waals surface area contributed by atoms with Gasteiger partial charge in [-0.2, -0.15) is 18.3 Å². The van der Waals surface area contributed by atoms with E-state index in [4.69, 9.17) is 15.2 Å². The van der Waals surface area contributed by atoms with Gasteiger partial charge in [-0.1, -0.05) is 6.07 Å². The van der Waals surface area contributed by atoms with Gasteiger partial charge in [-0.05, 0) is 30.7 Å². The number of aliphatic hydroxyl groups excluding tert-OH is 1. The molecule has 0 saturated carbocycles. The van der Waals surface area contributed by atoms with Crippen molar-refractivity contribution in [3.05, 3.63) is 60.3 Å². The lowest BCUT2D eigenvalue weighted by molar-refractivity contribution is -0.138. The third kappa shape index (κ3) is 8.51. The second kappa shape index (κ2) is 14.1. The highest BCUT2D eigenvalue weighted by atomic mass is 19.4. The number of amides is 1. The van der Waals surface area contributed by atoms with Crippen LogP contribution in [0.15, 0.2) is 48.8 Å². The lowest BCUT2D eigenvalue weighted by Crippen LogP contribution is -2.32. The minimum atomic E-state index is -4.28. The molecule has 2 aromatic carbocycles. The van der Waals surface area contributed by atoms with Crippen LogP contribution in [0.5, 0.6) is 11.5 Å². The Morgan fingerprint density at radius 3 is 2.60 bits per heavy atom. The zero-order chi connectivity index (χ0) is 31.0. The van der Waals surface area contributed by atoms with Crippen LogP contribution in [-0.4, -0.2) is 82.2 Å². The Morgan fingerprint density at radius 2 is 1.91 bits per heavy atom. The van der Waals surface area contributed by atoms with Gasteiger partial charge in [0.25, 0.3) is 0 Å². The van der Waals surface area contributed by atoms with E-state index in [0.29, 0.717) is 58.4 Å². The Bertz CT molecular complexity index is 1530. The van der Waals surface area contributed by atoms with Crippen LogP contribution in [0.25, 0.3) is 10.9 Å². The van der Waals surface area contributed by atoms with E-state index in [2.05, 4.69) is 20.2 Å². The number of methoxy groups -OCH3 is 1. The molecule has 0 aliphatic heterocycles. The molecule has 0 fully saturated rings. The fraction of sp³-hybridized carbons (Fsp3) is 0.357. The van der Waals surface area contributed by atoms with E-state index in [-0.39, 0.29) is 32.7 Å². The molecule has 0 unspecified atom stereocenters. The lowest BCUT2D eigenvalue weighted by Gasteiger charge is -2.23. The van der Waals surface area contributed by atoms with Crippen molar-refractivity contribution in [3.63, 3.8) is 0 Å². The number of nitrogens with two attached hydrogens (primary N) is 1. The number of hydrogen-bond acceptors (Lipinski definition) is 9. The molecular formula is C28H31F4N7O4. The monoisotopic (exact) mass is 605 g/mol. The number of ether oxygens (including phenoxy) is 2. The molecule has 0 atom stereocenters. The first kappa shape index (κ1) is 31.4. The van der Waals surface area contributed by atoms with Crippen LogP contribution in [0, 0.1) is 5.82 Å². The van der Waals surface area contributed by atoms with Gasteiger partial charge < -0.3 is 25.2 Å². The van der Waals surface area contributed by atoms with Crippen LogP contribution in [0.4, 0.5) is 34.9 Å². The van der Waals surface area contributed by atoms with Crippen LogP contribution in [-0.2, 0) is 11.2 Å². The first-order valence-electron chi connectivity index (χ1n) is 13.3. The lowest BCUT2D eigenvalue weighted by atomic mass is 10.1. The molecule has 11 nitrogen and oxygen atoms in total. The average Bonchev–Trinajstić information content (AvgIpc) is 3.40. The van der Waals surface area contributed by atoms with Gasteiger partial charge in [0.2, 0.25) is 5.91 Å². The van der Waals surface area contributed by atoms with Gasteiger partial charge in [0.1, 0.15) is 18.0 Å². The highest BCUT2D eigenvalue weighted by Gasteiger charge is 2.27. The van der Waals surface area contributed by atoms with Gasteiger partial charge in [-0.15, -0.1) is 0 Å². The number of aliphatic hydroxyl groups is 1. The second-order valence-electron chi connectivity index (χ2n) is 9.56. The summed E-state index contributed by atoms with van der Waals surface area (Å²) in [4.78, 5) is 23.4. The zero-order valence-corrected chi connectivity index (χ0v) is 23.3. The molecular weight excluding hydrogens is 574 g/mol. The summed E-state index contributed by atoms with van der Waals surface area (Å²) < 4.78 is 63.7. The van der Waals surface area contributed by atoms with E-state index in [1.807, 2.05) is 0 Å². The number of halogens is 4. The molecule has 0 bridgehead atoms. The molecule has 0 spiro atoms. The van der Waals surface area contributed by atoms with E-state index >= 15 is 0 Å².